The average molecular weight is 140 g/mol. The molecule has 0 saturated heterocycles. The minimum Gasteiger partial charge on any atom is -0.393 e. The fraction of sp³-hybridized carbons (Fsp3) is 1.00. The molecule has 2 aliphatic rings. The fourth-order valence-electron chi connectivity index (χ4n) is 3.02. The molecule has 1 heteroatoms. The van der Waals surface area contributed by atoms with Crippen molar-refractivity contribution in [2.24, 2.45) is 23.7 Å². The highest BCUT2D eigenvalue weighted by atomic mass is 16.3. The van der Waals surface area contributed by atoms with E-state index in [1.807, 2.05) is 0 Å². The quantitative estimate of drug-likeness (QED) is 0.542. The third kappa shape index (κ3) is 0.672. The van der Waals surface area contributed by atoms with Crippen LogP contribution in [0.1, 0.15) is 26.7 Å². The van der Waals surface area contributed by atoms with E-state index in [0.717, 1.165) is 11.8 Å². The van der Waals surface area contributed by atoms with Crippen LogP contribution in [-0.2, 0) is 0 Å². The van der Waals surface area contributed by atoms with Crippen molar-refractivity contribution in [1.29, 1.82) is 0 Å². The van der Waals surface area contributed by atoms with Crippen molar-refractivity contribution < 1.29 is 5.11 Å². The molecule has 1 N–H and O–H groups in total. The summed E-state index contributed by atoms with van der Waals surface area (Å²) < 4.78 is 0. The largest absolute Gasteiger partial charge is 0.393 e. The summed E-state index contributed by atoms with van der Waals surface area (Å²) in [6.45, 7) is 4.53. The van der Waals surface area contributed by atoms with Gasteiger partial charge in [0, 0.05) is 0 Å². The zero-order valence-corrected chi connectivity index (χ0v) is 6.75. The van der Waals surface area contributed by atoms with Gasteiger partial charge in [-0.15, -0.1) is 0 Å². The SMILES string of the molecule is CC1CC2CC1C(C)C2O. The Morgan fingerprint density at radius 1 is 1.20 bits per heavy atom. The summed E-state index contributed by atoms with van der Waals surface area (Å²) in [5.74, 6) is 2.94. The lowest BCUT2D eigenvalue weighted by Gasteiger charge is -2.28. The van der Waals surface area contributed by atoms with E-state index < -0.39 is 0 Å². The van der Waals surface area contributed by atoms with Gasteiger partial charge in [0.1, 0.15) is 0 Å². The Balaban J connectivity index is 2.16. The summed E-state index contributed by atoms with van der Waals surface area (Å²) in [6, 6.07) is 0. The van der Waals surface area contributed by atoms with Crippen LogP contribution in [0, 0.1) is 23.7 Å². The maximum absolute atomic E-state index is 9.61. The second-order valence-electron chi connectivity index (χ2n) is 4.22. The second-order valence-corrected chi connectivity index (χ2v) is 4.22. The van der Waals surface area contributed by atoms with Crippen molar-refractivity contribution >= 4 is 0 Å². The molecule has 0 aromatic heterocycles. The fourth-order valence-corrected chi connectivity index (χ4v) is 3.02. The number of rotatable bonds is 0. The molecule has 0 aromatic rings. The van der Waals surface area contributed by atoms with Crippen LogP contribution in [0.2, 0.25) is 0 Å². The normalized spacial score (nSPS) is 59.7. The van der Waals surface area contributed by atoms with Gasteiger partial charge in [0.25, 0.3) is 0 Å². The van der Waals surface area contributed by atoms with E-state index >= 15 is 0 Å². The van der Waals surface area contributed by atoms with E-state index in [9.17, 15) is 5.11 Å². The molecule has 0 heterocycles. The molecule has 0 amide bonds. The zero-order chi connectivity index (χ0) is 7.30. The van der Waals surface area contributed by atoms with E-state index in [2.05, 4.69) is 13.8 Å². The van der Waals surface area contributed by atoms with Crippen LogP contribution in [0.5, 0.6) is 0 Å². The lowest BCUT2D eigenvalue weighted by atomic mass is 9.81. The molecule has 0 spiro atoms. The van der Waals surface area contributed by atoms with Gasteiger partial charge in [0.15, 0.2) is 0 Å². The van der Waals surface area contributed by atoms with E-state index in [1.54, 1.807) is 0 Å². The van der Waals surface area contributed by atoms with E-state index in [-0.39, 0.29) is 6.10 Å². The van der Waals surface area contributed by atoms with Gasteiger partial charge in [-0.1, -0.05) is 13.8 Å². The van der Waals surface area contributed by atoms with Gasteiger partial charge in [0.2, 0.25) is 0 Å². The van der Waals surface area contributed by atoms with Gasteiger partial charge < -0.3 is 5.11 Å². The Morgan fingerprint density at radius 3 is 2.30 bits per heavy atom. The highest BCUT2D eigenvalue weighted by molar-refractivity contribution is 4.97. The molecule has 1 nitrogen and oxygen atoms in total. The molecule has 2 aliphatic carbocycles. The van der Waals surface area contributed by atoms with Crippen molar-refractivity contribution in [1.82, 2.24) is 0 Å². The predicted octanol–water partition coefficient (Wildman–Crippen LogP) is 1.66. The molecule has 5 unspecified atom stereocenters. The molecule has 2 fully saturated rings. The highest BCUT2D eigenvalue weighted by Gasteiger charge is 2.48. The summed E-state index contributed by atoms with van der Waals surface area (Å²) in [5, 5.41) is 9.61. The van der Waals surface area contributed by atoms with Crippen molar-refractivity contribution in [3.63, 3.8) is 0 Å². The lowest BCUT2D eigenvalue weighted by Crippen LogP contribution is -2.28. The first-order valence-corrected chi connectivity index (χ1v) is 4.38. The molecule has 0 aromatic carbocycles. The highest BCUT2D eigenvalue weighted by Crippen LogP contribution is 2.51. The summed E-state index contributed by atoms with van der Waals surface area (Å²) in [6.07, 6.45) is 2.60. The Hall–Kier alpha value is -0.0400. The average Bonchev–Trinajstić information content (AvgIpc) is 2.36. The molecular weight excluding hydrogens is 124 g/mol. The second kappa shape index (κ2) is 1.97. The summed E-state index contributed by atoms with van der Waals surface area (Å²) in [5.41, 5.74) is 0. The molecule has 10 heavy (non-hydrogen) atoms. The first-order chi connectivity index (χ1) is 4.70. The molecule has 2 bridgehead atoms. The molecule has 5 atom stereocenters. The van der Waals surface area contributed by atoms with Crippen LogP contribution < -0.4 is 0 Å². The Bertz CT molecular complexity index is 142. The van der Waals surface area contributed by atoms with Crippen molar-refractivity contribution in [2.75, 3.05) is 0 Å². The molecule has 0 radical (unpaired) electrons. The van der Waals surface area contributed by atoms with Gasteiger partial charge in [-0.3, -0.25) is 0 Å². The van der Waals surface area contributed by atoms with Gasteiger partial charge in [0.05, 0.1) is 6.10 Å². The van der Waals surface area contributed by atoms with Crippen LogP contribution in [-0.4, -0.2) is 11.2 Å². The smallest absolute Gasteiger partial charge is 0.0596 e. The molecule has 2 rings (SSSR count). The topological polar surface area (TPSA) is 20.2 Å². The number of fused-ring (bicyclic) bond motifs is 2. The van der Waals surface area contributed by atoms with Crippen LogP contribution in [0.4, 0.5) is 0 Å². The molecule has 2 saturated carbocycles. The van der Waals surface area contributed by atoms with Crippen LogP contribution in [0.3, 0.4) is 0 Å². The third-order valence-electron chi connectivity index (χ3n) is 3.68. The minimum absolute atomic E-state index is 0.0289. The molecular formula is C9H16O. The monoisotopic (exact) mass is 140 g/mol. The van der Waals surface area contributed by atoms with Crippen molar-refractivity contribution in [2.45, 2.75) is 32.8 Å². The van der Waals surface area contributed by atoms with E-state index in [4.69, 9.17) is 0 Å². The van der Waals surface area contributed by atoms with Crippen LogP contribution in [0.25, 0.3) is 0 Å². The summed E-state index contributed by atoms with van der Waals surface area (Å²) in [7, 11) is 0. The Labute approximate surface area is 62.4 Å². The first-order valence-electron chi connectivity index (χ1n) is 4.38. The number of hydrogen-bond acceptors (Lipinski definition) is 1. The van der Waals surface area contributed by atoms with Crippen LogP contribution in [0.15, 0.2) is 0 Å². The maximum atomic E-state index is 9.61. The van der Waals surface area contributed by atoms with E-state index in [0.29, 0.717) is 11.8 Å². The number of aliphatic hydroxyl groups is 1. The van der Waals surface area contributed by atoms with Gasteiger partial charge >= 0.3 is 0 Å². The predicted molar refractivity (Wildman–Crippen MR) is 40.5 cm³/mol. The van der Waals surface area contributed by atoms with Crippen LogP contribution >= 0.6 is 0 Å². The van der Waals surface area contributed by atoms with Crippen molar-refractivity contribution in [3.05, 3.63) is 0 Å². The standard InChI is InChI=1S/C9H16O/c1-5-3-7-4-8(5)6(2)9(7)10/h5-10H,3-4H2,1-2H3. The molecule has 0 aliphatic heterocycles. The zero-order valence-electron chi connectivity index (χ0n) is 6.75. The van der Waals surface area contributed by atoms with E-state index in [1.165, 1.54) is 12.8 Å². The summed E-state index contributed by atoms with van der Waals surface area (Å²) in [4.78, 5) is 0. The van der Waals surface area contributed by atoms with Crippen molar-refractivity contribution in [3.8, 4) is 0 Å². The Morgan fingerprint density at radius 2 is 1.90 bits per heavy atom. The lowest BCUT2D eigenvalue weighted by molar-refractivity contribution is 0.0503. The third-order valence-corrected chi connectivity index (χ3v) is 3.68. The Kier molecular flexibility index (Phi) is 1.31. The van der Waals surface area contributed by atoms with Gasteiger partial charge in [-0.2, -0.15) is 0 Å². The first kappa shape index (κ1) is 6.66. The minimum atomic E-state index is 0.0289. The number of hydrogen-bond donors (Lipinski definition) is 1. The van der Waals surface area contributed by atoms with Gasteiger partial charge in [-0.25, -0.2) is 0 Å². The number of aliphatic hydroxyl groups excluding tert-OH is 1. The maximum Gasteiger partial charge on any atom is 0.0596 e. The van der Waals surface area contributed by atoms with Gasteiger partial charge in [-0.05, 0) is 36.5 Å². The summed E-state index contributed by atoms with van der Waals surface area (Å²) >= 11 is 0. The molecule has 58 valence electrons.